The molecule has 0 fully saturated rings. The standard InChI is InChI=1S/C15H16FNO2S/c1-12-4-2-3-5-14(12)11-20(18,19)17-10-13-6-8-15(16)9-7-13/h2-9,17H,10-11H2,1H3. The largest absolute Gasteiger partial charge is 0.216 e. The van der Waals surface area contributed by atoms with E-state index in [4.69, 9.17) is 0 Å². The van der Waals surface area contributed by atoms with Crippen molar-refractivity contribution in [3.63, 3.8) is 0 Å². The summed E-state index contributed by atoms with van der Waals surface area (Å²) in [6.07, 6.45) is 0. The molecule has 5 heteroatoms. The van der Waals surface area contributed by atoms with E-state index in [9.17, 15) is 12.8 Å². The zero-order chi connectivity index (χ0) is 14.6. The van der Waals surface area contributed by atoms with Crippen LogP contribution in [0.3, 0.4) is 0 Å². The van der Waals surface area contributed by atoms with Crippen molar-refractivity contribution < 1.29 is 12.8 Å². The molecule has 0 radical (unpaired) electrons. The van der Waals surface area contributed by atoms with E-state index in [2.05, 4.69) is 4.72 Å². The highest BCUT2D eigenvalue weighted by atomic mass is 32.2. The molecule has 2 rings (SSSR count). The van der Waals surface area contributed by atoms with Crippen molar-refractivity contribution in [1.29, 1.82) is 0 Å². The van der Waals surface area contributed by atoms with Crippen LogP contribution in [-0.4, -0.2) is 8.42 Å². The van der Waals surface area contributed by atoms with E-state index in [1.54, 1.807) is 18.2 Å². The maximum atomic E-state index is 12.8. The second kappa shape index (κ2) is 6.15. The van der Waals surface area contributed by atoms with Crippen molar-refractivity contribution in [2.45, 2.75) is 19.2 Å². The van der Waals surface area contributed by atoms with Crippen LogP contribution < -0.4 is 4.72 Å². The quantitative estimate of drug-likeness (QED) is 0.921. The van der Waals surface area contributed by atoms with Crippen LogP contribution in [0.25, 0.3) is 0 Å². The van der Waals surface area contributed by atoms with Crippen molar-refractivity contribution >= 4 is 10.0 Å². The predicted octanol–water partition coefficient (Wildman–Crippen LogP) is 2.75. The van der Waals surface area contributed by atoms with Gasteiger partial charge >= 0.3 is 0 Å². The summed E-state index contributed by atoms with van der Waals surface area (Å²) in [6, 6.07) is 13.1. The molecule has 0 amide bonds. The fraction of sp³-hybridized carbons (Fsp3) is 0.200. The molecule has 0 saturated heterocycles. The molecule has 0 unspecified atom stereocenters. The molecule has 0 aliphatic heterocycles. The highest BCUT2D eigenvalue weighted by Gasteiger charge is 2.12. The minimum Gasteiger partial charge on any atom is -0.212 e. The topological polar surface area (TPSA) is 46.2 Å². The van der Waals surface area contributed by atoms with Gasteiger partial charge < -0.3 is 0 Å². The first kappa shape index (κ1) is 14.7. The van der Waals surface area contributed by atoms with E-state index < -0.39 is 10.0 Å². The molecule has 0 bridgehead atoms. The lowest BCUT2D eigenvalue weighted by Gasteiger charge is -2.09. The molecular weight excluding hydrogens is 277 g/mol. The van der Waals surface area contributed by atoms with E-state index in [1.165, 1.54) is 12.1 Å². The smallest absolute Gasteiger partial charge is 0.212 e. The van der Waals surface area contributed by atoms with Crippen LogP contribution in [0.5, 0.6) is 0 Å². The van der Waals surface area contributed by atoms with Crippen molar-refractivity contribution in [1.82, 2.24) is 4.72 Å². The molecule has 0 aliphatic carbocycles. The Morgan fingerprint density at radius 1 is 1.05 bits per heavy atom. The molecular formula is C15H16FNO2S. The second-order valence-corrected chi connectivity index (χ2v) is 6.44. The predicted molar refractivity (Wildman–Crippen MR) is 77.0 cm³/mol. The lowest BCUT2D eigenvalue weighted by molar-refractivity contribution is 0.580. The van der Waals surface area contributed by atoms with Gasteiger partial charge in [-0.25, -0.2) is 17.5 Å². The molecule has 0 spiro atoms. The van der Waals surface area contributed by atoms with Crippen LogP contribution in [0.4, 0.5) is 4.39 Å². The van der Waals surface area contributed by atoms with Gasteiger partial charge in [-0.2, -0.15) is 0 Å². The van der Waals surface area contributed by atoms with Crippen LogP contribution in [0.2, 0.25) is 0 Å². The van der Waals surface area contributed by atoms with E-state index in [1.807, 2.05) is 25.1 Å². The molecule has 0 heterocycles. The Balaban J connectivity index is 2.01. The summed E-state index contributed by atoms with van der Waals surface area (Å²) < 4.78 is 39.3. The van der Waals surface area contributed by atoms with Crippen molar-refractivity contribution in [2.24, 2.45) is 0 Å². The van der Waals surface area contributed by atoms with Gasteiger partial charge in [-0.05, 0) is 35.7 Å². The Bertz CT molecular complexity index is 681. The molecule has 3 nitrogen and oxygen atoms in total. The summed E-state index contributed by atoms with van der Waals surface area (Å²) in [7, 11) is -3.41. The van der Waals surface area contributed by atoms with Crippen LogP contribution in [0.1, 0.15) is 16.7 Å². The average Bonchev–Trinajstić information content (AvgIpc) is 2.41. The van der Waals surface area contributed by atoms with Gasteiger partial charge in [0.05, 0.1) is 5.75 Å². The maximum Gasteiger partial charge on any atom is 0.216 e. The first-order chi connectivity index (χ1) is 9.46. The van der Waals surface area contributed by atoms with Gasteiger partial charge in [0.2, 0.25) is 10.0 Å². The first-order valence-electron chi connectivity index (χ1n) is 6.22. The summed E-state index contributed by atoms with van der Waals surface area (Å²) in [5.74, 6) is -0.391. The fourth-order valence-electron chi connectivity index (χ4n) is 1.82. The summed E-state index contributed by atoms with van der Waals surface area (Å²) in [5, 5.41) is 0. The number of rotatable bonds is 5. The van der Waals surface area contributed by atoms with Gasteiger partial charge in [0.25, 0.3) is 0 Å². The van der Waals surface area contributed by atoms with Crippen LogP contribution >= 0.6 is 0 Å². The summed E-state index contributed by atoms with van der Waals surface area (Å²) in [4.78, 5) is 0. The zero-order valence-corrected chi connectivity index (χ0v) is 12.0. The molecule has 106 valence electrons. The second-order valence-electron chi connectivity index (χ2n) is 4.63. The van der Waals surface area contributed by atoms with Gasteiger partial charge in [0.1, 0.15) is 5.82 Å². The normalized spacial score (nSPS) is 11.5. The monoisotopic (exact) mass is 293 g/mol. The van der Waals surface area contributed by atoms with E-state index in [0.29, 0.717) is 0 Å². The van der Waals surface area contributed by atoms with Gasteiger partial charge in [0, 0.05) is 6.54 Å². The average molecular weight is 293 g/mol. The number of halogens is 1. The third-order valence-electron chi connectivity index (χ3n) is 3.02. The highest BCUT2D eigenvalue weighted by molar-refractivity contribution is 7.88. The summed E-state index contributed by atoms with van der Waals surface area (Å²) >= 11 is 0. The number of hydrogen-bond donors (Lipinski definition) is 1. The molecule has 0 saturated carbocycles. The number of aryl methyl sites for hydroxylation is 1. The van der Waals surface area contributed by atoms with E-state index in [0.717, 1.165) is 16.7 Å². The number of nitrogens with one attached hydrogen (secondary N) is 1. The van der Waals surface area contributed by atoms with Gasteiger partial charge in [-0.1, -0.05) is 36.4 Å². The molecule has 20 heavy (non-hydrogen) atoms. The van der Waals surface area contributed by atoms with Crippen molar-refractivity contribution in [2.75, 3.05) is 0 Å². The zero-order valence-electron chi connectivity index (χ0n) is 11.1. The summed E-state index contributed by atoms with van der Waals surface area (Å²) in [6.45, 7) is 2.04. The number of benzene rings is 2. The Morgan fingerprint density at radius 2 is 1.70 bits per heavy atom. The molecule has 0 atom stereocenters. The van der Waals surface area contributed by atoms with Crippen molar-refractivity contribution in [3.05, 3.63) is 71.0 Å². The van der Waals surface area contributed by atoms with Gasteiger partial charge in [0.15, 0.2) is 0 Å². The highest BCUT2D eigenvalue weighted by Crippen LogP contribution is 2.11. The van der Waals surface area contributed by atoms with Crippen molar-refractivity contribution in [3.8, 4) is 0 Å². The van der Waals surface area contributed by atoms with Gasteiger partial charge in [-0.15, -0.1) is 0 Å². The first-order valence-corrected chi connectivity index (χ1v) is 7.88. The fourth-order valence-corrected chi connectivity index (χ4v) is 3.05. The van der Waals surface area contributed by atoms with E-state index in [-0.39, 0.29) is 18.1 Å². The third kappa shape index (κ3) is 4.15. The maximum absolute atomic E-state index is 12.8. The molecule has 1 N–H and O–H groups in total. The molecule has 2 aromatic carbocycles. The Hall–Kier alpha value is -1.72. The number of sulfonamides is 1. The van der Waals surface area contributed by atoms with Gasteiger partial charge in [-0.3, -0.25) is 0 Å². The SMILES string of the molecule is Cc1ccccc1CS(=O)(=O)NCc1ccc(F)cc1. The third-order valence-corrected chi connectivity index (χ3v) is 4.29. The minimum atomic E-state index is -3.41. The molecule has 0 aromatic heterocycles. The Labute approximate surface area is 118 Å². The lowest BCUT2D eigenvalue weighted by atomic mass is 10.1. The Kier molecular flexibility index (Phi) is 4.52. The summed E-state index contributed by atoms with van der Waals surface area (Å²) in [5.41, 5.74) is 2.44. The number of hydrogen-bond acceptors (Lipinski definition) is 2. The molecule has 2 aromatic rings. The minimum absolute atomic E-state index is 0.0547. The molecule has 0 aliphatic rings. The Morgan fingerprint density at radius 3 is 2.35 bits per heavy atom. The van der Waals surface area contributed by atoms with Crippen LogP contribution in [0, 0.1) is 12.7 Å². The van der Waals surface area contributed by atoms with Crippen LogP contribution in [-0.2, 0) is 22.3 Å². The van der Waals surface area contributed by atoms with Crippen LogP contribution in [0.15, 0.2) is 48.5 Å². The van der Waals surface area contributed by atoms with E-state index >= 15 is 0 Å². The lowest BCUT2D eigenvalue weighted by Crippen LogP contribution is -2.25.